The number of piperidine rings is 1. The summed E-state index contributed by atoms with van der Waals surface area (Å²) in [6.45, 7) is 6.58. The summed E-state index contributed by atoms with van der Waals surface area (Å²) < 4.78 is 13.2. The SMILES string of the molecule is O=C(NCC1CCCN(CCC(=O)N2CCNCC2)C1)Nc1cccc(F)c1. The molecule has 1 aromatic carbocycles. The number of likely N-dealkylation sites (tertiary alicyclic amines) is 1. The molecule has 2 saturated heterocycles. The van der Waals surface area contributed by atoms with Gasteiger partial charge in [0.15, 0.2) is 0 Å². The molecule has 7 nitrogen and oxygen atoms in total. The number of anilines is 1. The van der Waals surface area contributed by atoms with Gasteiger partial charge in [-0.3, -0.25) is 4.79 Å². The highest BCUT2D eigenvalue weighted by atomic mass is 19.1. The van der Waals surface area contributed by atoms with E-state index in [1.165, 1.54) is 12.1 Å². The van der Waals surface area contributed by atoms with Crippen LogP contribution in [0, 0.1) is 11.7 Å². The Morgan fingerprint density at radius 3 is 2.82 bits per heavy atom. The van der Waals surface area contributed by atoms with Gasteiger partial charge in [0.1, 0.15) is 5.82 Å². The minimum Gasteiger partial charge on any atom is -0.340 e. The molecule has 28 heavy (non-hydrogen) atoms. The molecule has 0 bridgehead atoms. The van der Waals surface area contributed by atoms with Gasteiger partial charge in [-0.1, -0.05) is 6.07 Å². The van der Waals surface area contributed by atoms with Gasteiger partial charge in [-0.15, -0.1) is 0 Å². The van der Waals surface area contributed by atoms with Gasteiger partial charge < -0.3 is 25.8 Å². The fraction of sp³-hybridized carbons (Fsp3) is 0.600. The number of carbonyl (C=O) groups is 2. The third-order valence-electron chi connectivity index (χ3n) is 5.35. The van der Waals surface area contributed by atoms with Gasteiger partial charge in [0.2, 0.25) is 5.91 Å². The lowest BCUT2D eigenvalue weighted by atomic mass is 9.98. The minimum absolute atomic E-state index is 0.233. The van der Waals surface area contributed by atoms with E-state index in [0.29, 0.717) is 24.6 Å². The van der Waals surface area contributed by atoms with Crippen LogP contribution in [0.25, 0.3) is 0 Å². The van der Waals surface area contributed by atoms with Crippen molar-refractivity contribution in [2.24, 2.45) is 5.92 Å². The molecule has 0 radical (unpaired) electrons. The molecule has 3 N–H and O–H groups in total. The summed E-state index contributed by atoms with van der Waals surface area (Å²) in [7, 11) is 0. The molecule has 0 aliphatic carbocycles. The van der Waals surface area contributed by atoms with E-state index in [0.717, 1.165) is 58.7 Å². The van der Waals surface area contributed by atoms with Crippen molar-refractivity contribution >= 4 is 17.6 Å². The summed E-state index contributed by atoms with van der Waals surface area (Å²) in [6.07, 6.45) is 2.68. The second-order valence-corrected chi connectivity index (χ2v) is 7.54. The summed E-state index contributed by atoms with van der Waals surface area (Å²) in [6, 6.07) is 5.52. The van der Waals surface area contributed by atoms with Crippen LogP contribution in [0.5, 0.6) is 0 Å². The van der Waals surface area contributed by atoms with Crippen LogP contribution in [0.4, 0.5) is 14.9 Å². The number of benzene rings is 1. The van der Waals surface area contributed by atoms with Crippen LogP contribution >= 0.6 is 0 Å². The largest absolute Gasteiger partial charge is 0.340 e. The summed E-state index contributed by atoms with van der Waals surface area (Å²) in [5.41, 5.74) is 0.439. The Morgan fingerprint density at radius 1 is 1.21 bits per heavy atom. The van der Waals surface area contributed by atoms with E-state index < -0.39 is 0 Å². The topological polar surface area (TPSA) is 76.7 Å². The zero-order valence-corrected chi connectivity index (χ0v) is 16.3. The Bertz CT molecular complexity index is 666. The van der Waals surface area contributed by atoms with Crippen LogP contribution in [0.15, 0.2) is 24.3 Å². The average Bonchev–Trinajstić information content (AvgIpc) is 2.71. The first kappa shape index (κ1) is 20.5. The Labute approximate surface area is 165 Å². The third kappa shape index (κ3) is 6.45. The van der Waals surface area contributed by atoms with Crippen molar-refractivity contribution < 1.29 is 14.0 Å². The second kappa shape index (κ2) is 10.4. The van der Waals surface area contributed by atoms with Gasteiger partial charge in [-0.05, 0) is 43.5 Å². The molecule has 3 rings (SSSR count). The molecule has 2 heterocycles. The highest BCUT2D eigenvalue weighted by molar-refractivity contribution is 5.89. The van der Waals surface area contributed by atoms with Gasteiger partial charge in [0.25, 0.3) is 0 Å². The number of carbonyl (C=O) groups excluding carboxylic acids is 2. The van der Waals surface area contributed by atoms with Crippen molar-refractivity contribution in [1.82, 2.24) is 20.4 Å². The second-order valence-electron chi connectivity index (χ2n) is 7.54. The fourth-order valence-corrected chi connectivity index (χ4v) is 3.83. The number of hydrogen-bond donors (Lipinski definition) is 3. The van der Waals surface area contributed by atoms with Crippen LogP contribution < -0.4 is 16.0 Å². The lowest BCUT2D eigenvalue weighted by molar-refractivity contribution is -0.132. The smallest absolute Gasteiger partial charge is 0.319 e. The zero-order valence-electron chi connectivity index (χ0n) is 16.3. The van der Waals surface area contributed by atoms with Crippen LogP contribution in [0.1, 0.15) is 19.3 Å². The molecular formula is C20H30FN5O2. The number of piperazine rings is 1. The highest BCUT2D eigenvalue weighted by Crippen LogP contribution is 2.16. The first-order valence-corrected chi connectivity index (χ1v) is 10.1. The van der Waals surface area contributed by atoms with E-state index >= 15 is 0 Å². The molecular weight excluding hydrogens is 361 g/mol. The average molecular weight is 391 g/mol. The maximum atomic E-state index is 13.2. The molecule has 1 unspecified atom stereocenters. The van der Waals surface area contributed by atoms with Crippen molar-refractivity contribution in [3.63, 3.8) is 0 Å². The molecule has 154 valence electrons. The number of nitrogens with zero attached hydrogens (tertiary/aromatic N) is 2. The molecule has 2 fully saturated rings. The minimum atomic E-state index is -0.379. The summed E-state index contributed by atoms with van der Waals surface area (Å²) in [4.78, 5) is 28.6. The maximum Gasteiger partial charge on any atom is 0.319 e. The molecule has 1 aromatic rings. The van der Waals surface area contributed by atoms with E-state index in [4.69, 9.17) is 0 Å². The van der Waals surface area contributed by atoms with Gasteiger partial charge in [-0.2, -0.15) is 0 Å². The van der Waals surface area contributed by atoms with Crippen molar-refractivity contribution in [1.29, 1.82) is 0 Å². The lowest BCUT2D eigenvalue weighted by Gasteiger charge is -2.33. The predicted molar refractivity (Wildman–Crippen MR) is 107 cm³/mol. The van der Waals surface area contributed by atoms with Crippen molar-refractivity contribution in [3.05, 3.63) is 30.1 Å². The Hall–Kier alpha value is -2.19. The van der Waals surface area contributed by atoms with E-state index in [1.807, 2.05) is 4.90 Å². The van der Waals surface area contributed by atoms with E-state index in [2.05, 4.69) is 20.9 Å². The number of hydrogen-bond acceptors (Lipinski definition) is 4. The Kier molecular flexibility index (Phi) is 7.62. The van der Waals surface area contributed by atoms with Gasteiger partial charge >= 0.3 is 6.03 Å². The van der Waals surface area contributed by atoms with Gasteiger partial charge in [0.05, 0.1) is 0 Å². The molecule has 0 spiro atoms. The number of rotatable bonds is 6. The predicted octanol–water partition coefficient (Wildman–Crippen LogP) is 1.48. The first-order chi connectivity index (χ1) is 13.6. The van der Waals surface area contributed by atoms with Crippen LogP contribution in [0.2, 0.25) is 0 Å². The molecule has 1 atom stereocenters. The standard InChI is InChI=1S/C20H30FN5O2/c21-17-4-1-5-18(13-17)24-20(28)23-14-16-3-2-9-25(15-16)10-6-19(27)26-11-7-22-8-12-26/h1,4-5,13,16,22H,2-3,6-12,14-15H2,(H2,23,24,28). The number of urea groups is 1. The molecule has 0 aromatic heterocycles. The number of nitrogens with one attached hydrogen (secondary N) is 3. The Balaban J connectivity index is 1.36. The normalized spacial score (nSPS) is 20.6. The van der Waals surface area contributed by atoms with Crippen LogP contribution in [-0.2, 0) is 4.79 Å². The van der Waals surface area contributed by atoms with E-state index in [9.17, 15) is 14.0 Å². The third-order valence-corrected chi connectivity index (χ3v) is 5.35. The molecule has 2 aliphatic heterocycles. The first-order valence-electron chi connectivity index (χ1n) is 10.1. The number of halogens is 1. The quantitative estimate of drug-likeness (QED) is 0.687. The highest BCUT2D eigenvalue weighted by Gasteiger charge is 2.22. The van der Waals surface area contributed by atoms with Gasteiger partial charge in [0, 0.05) is 57.9 Å². The molecule has 0 saturated carbocycles. The van der Waals surface area contributed by atoms with Crippen LogP contribution in [0.3, 0.4) is 0 Å². The zero-order chi connectivity index (χ0) is 19.8. The van der Waals surface area contributed by atoms with Crippen molar-refractivity contribution in [2.75, 3.05) is 57.7 Å². The van der Waals surface area contributed by atoms with Crippen LogP contribution in [-0.4, -0.2) is 74.1 Å². The monoisotopic (exact) mass is 391 g/mol. The van der Waals surface area contributed by atoms with E-state index in [1.54, 1.807) is 12.1 Å². The Morgan fingerprint density at radius 2 is 2.04 bits per heavy atom. The molecule has 8 heteroatoms. The molecule has 2 aliphatic rings. The van der Waals surface area contributed by atoms with Gasteiger partial charge in [-0.25, -0.2) is 9.18 Å². The van der Waals surface area contributed by atoms with E-state index in [-0.39, 0.29) is 17.8 Å². The fourth-order valence-electron chi connectivity index (χ4n) is 3.83. The summed E-state index contributed by atoms with van der Waals surface area (Å²) in [5.74, 6) is 0.216. The summed E-state index contributed by atoms with van der Waals surface area (Å²) in [5, 5.41) is 8.79. The maximum absolute atomic E-state index is 13.2. The van der Waals surface area contributed by atoms with Crippen molar-refractivity contribution in [3.8, 4) is 0 Å². The number of amides is 3. The summed E-state index contributed by atoms with van der Waals surface area (Å²) >= 11 is 0. The lowest BCUT2D eigenvalue weighted by Crippen LogP contribution is -2.47. The molecule has 3 amide bonds. The van der Waals surface area contributed by atoms with Crippen molar-refractivity contribution in [2.45, 2.75) is 19.3 Å².